The van der Waals surface area contributed by atoms with Crippen LogP contribution in [0, 0.1) is 17.0 Å². The first-order chi connectivity index (χ1) is 10.6. The van der Waals surface area contributed by atoms with E-state index in [1.807, 2.05) is 31.2 Å². The van der Waals surface area contributed by atoms with Gasteiger partial charge in [0.15, 0.2) is 0 Å². The normalized spacial score (nSPS) is 11.7. The van der Waals surface area contributed by atoms with Crippen molar-refractivity contribution in [2.24, 2.45) is 0 Å². The minimum atomic E-state index is -0.777. The third-order valence-electron chi connectivity index (χ3n) is 3.09. The highest BCUT2D eigenvalue weighted by Gasteiger charge is 2.13. The highest BCUT2D eigenvalue weighted by atomic mass is 16.6. The van der Waals surface area contributed by atoms with Gasteiger partial charge in [-0.15, -0.1) is 0 Å². The smallest absolute Gasteiger partial charge is 0.292 e. The Labute approximate surface area is 128 Å². The number of nitrogens with one attached hydrogen (secondary N) is 1. The fourth-order valence-electron chi connectivity index (χ4n) is 1.90. The number of aryl methyl sites for hydroxylation is 1. The van der Waals surface area contributed by atoms with Gasteiger partial charge in [-0.25, -0.2) is 0 Å². The van der Waals surface area contributed by atoms with Crippen LogP contribution in [0.2, 0.25) is 0 Å². The summed E-state index contributed by atoms with van der Waals surface area (Å²) in [6, 6.07) is 13.8. The number of hydrogen-bond acceptors (Lipinski definition) is 5. The Kier molecular flexibility index (Phi) is 5.32. The summed E-state index contributed by atoms with van der Waals surface area (Å²) in [5, 5.41) is 23.6. The molecule has 0 aliphatic carbocycles. The molecule has 0 aliphatic rings. The standard InChI is InChI=1S/C16H18N2O4/c1-12-6-8-14(9-7-12)22-11-13(19)10-17-15-4-2-3-5-16(15)18(20)21/h2-9,13,17,19H,10-11H2,1H3. The predicted molar refractivity (Wildman–Crippen MR) is 84.3 cm³/mol. The summed E-state index contributed by atoms with van der Waals surface area (Å²) in [5.41, 5.74) is 1.49. The van der Waals surface area contributed by atoms with Crippen LogP contribution in [-0.4, -0.2) is 29.3 Å². The van der Waals surface area contributed by atoms with E-state index in [0.717, 1.165) is 5.56 Å². The zero-order valence-electron chi connectivity index (χ0n) is 12.2. The minimum absolute atomic E-state index is 0.0193. The molecule has 0 amide bonds. The van der Waals surface area contributed by atoms with Crippen molar-refractivity contribution >= 4 is 11.4 Å². The Morgan fingerprint density at radius 2 is 1.91 bits per heavy atom. The summed E-state index contributed by atoms with van der Waals surface area (Å²) in [6.45, 7) is 2.25. The first-order valence-corrected chi connectivity index (χ1v) is 6.91. The second kappa shape index (κ2) is 7.42. The Balaban J connectivity index is 1.84. The van der Waals surface area contributed by atoms with Gasteiger partial charge in [0.1, 0.15) is 24.1 Å². The number of aliphatic hydroxyl groups is 1. The van der Waals surface area contributed by atoms with Crippen molar-refractivity contribution in [3.8, 4) is 5.75 Å². The molecule has 0 bridgehead atoms. The van der Waals surface area contributed by atoms with Crippen molar-refractivity contribution in [1.82, 2.24) is 0 Å². The molecule has 1 atom stereocenters. The molecule has 22 heavy (non-hydrogen) atoms. The molecule has 0 radical (unpaired) electrons. The molecule has 2 aromatic rings. The Hall–Kier alpha value is -2.60. The summed E-state index contributed by atoms with van der Waals surface area (Å²) in [6.07, 6.45) is -0.777. The number of nitro groups is 1. The quantitative estimate of drug-likeness (QED) is 0.607. The number of hydrogen-bond donors (Lipinski definition) is 2. The highest BCUT2D eigenvalue weighted by Crippen LogP contribution is 2.23. The molecule has 0 saturated heterocycles. The molecule has 6 heteroatoms. The molecule has 0 fully saturated rings. The molecule has 0 aromatic heterocycles. The van der Waals surface area contributed by atoms with Crippen LogP contribution in [0.4, 0.5) is 11.4 Å². The first kappa shape index (κ1) is 15.8. The van der Waals surface area contributed by atoms with Gasteiger partial charge in [-0.2, -0.15) is 0 Å². The van der Waals surface area contributed by atoms with E-state index in [1.54, 1.807) is 18.2 Å². The molecule has 2 rings (SSSR count). The lowest BCUT2D eigenvalue weighted by Crippen LogP contribution is -2.26. The molecule has 0 spiro atoms. The third-order valence-corrected chi connectivity index (χ3v) is 3.09. The molecule has 0 saturated carbocycles. The average molecular weight is 302 g/mol. The van der Waals surface area contributed by atoms with Gasteiger partial charge < -0.3 is 15.2 Å². The van der Waals surface area contributed by atoms with Gasteiger partial charge in [-0.05, 0) is 25.1 Å². The highest BCUT2D eigenvalue weighted by molar-refractivity contribution is 5.61. The fourth-order valence-corrected chi connectivity index (χ4v) is 1.90. The summed E-state index contributed by atoms with van der Waals surface area (Å²) in [4.78, 5) is 10.4. The predicted octanol–water partition coefficient (Wildman–Crippen LogP) is 2.76. The zero-order valence-corrected chi connectivity index (χ0v) is 12.2. The lowest BCUT2D eigenvalue weighted by atomic mass is 10.2. The van der Waals surface area contributed by atoms with Gasteiger partial charge in [0.05, 0.1) is 4.92 Å². The Bertz CT molecular complexity index is 628. The van der Waals surface area contributed by atoms with E-state index in [1.165, 1.54) is 6.07 Å². The van der Waals surface area contributed by atoms with Crippen molar-refractivity contribution in [2.75, 3.05) is 18.5 Å². The Morgan fingerprint density at radius 1 is 1.23 bits per heavy atom. The van der Waals surface area contributed by atoms with Crippen LogP contribution in [0.5, 0.6) is 5.75 Å². The van der Waals surface area contributed by atoms with Crippen LogP contribution in [0.1, 0.15) is 5.56 Å². The summed E-state index contributed by atoms with van der Waals surface area (Å²) in [5.74, 6) is 0.676. The van der Waals surface area contributed by atoms with E-state index >= 15 is 0 Å². The number of para-hydroxylation sites is 2. The van der Waals surface area contributed by atoms with Gasteiger partial charge in [-0.3, -0.25) is 10.1 Å². The van der Waals surface area contributed by atoms with E-state index in [0.29, 0.717) is 11.4 Å². The van der Waals surface area contributed by atoms with Crippen LogP contribution in [-0.2, 0) is 0 Å². The lowest BCUT2D eigenvalue weighted by Gasteiger charge is -2.14. The molecule has 2 aromatic carbocycles. The largest absolute Gasteiger partial charge is 0.491 e. The van der Waals surface area contributed by atoms with E-state index in [9.17, 15) is 15.2 Å². The molecule has 116 valence electrons. The molecule has 0 aliphatic heterocycles. The zero-order chi connectivity index (χ0) is 15.9. The summed E-state index contributed by atoms with van der Waals surface area (Å²) < 4.78 is 5.47. The van der Waals surface area contributed by atoms with E-state index in [2.05, 4.69) is 5.32 Å². The SMILES string of the molecule is Cc1ccc(OCC(O)CNc2ccccc2[N+](=O)[O-])cc1. The van der Waals surface area contributed by atoms with Crippen LogP contribution in [0.15, 0.2) is 48.5 Å². The number of anilines is 1. The second-order valence-electron chi connectivity index (χ2n) is 4.93. The van der Waals surface area contributed by atoms with Gasteiger partial charge in [-0.1, -0.05) is 29.8 Å². The van der Waals surface area contributed by atoms with Gasteiger partial charge in [0.25, 0.3) is 5.69 Å². The lowest BCUT2D eigenvalue weighted by molar-refractivity contribution is -0.384. The first-order valence-electron chi connectivity index (χ1n) is 6.91. The van der Waals surface area contributed by atoms with Crippen molar-refractivity contribution in [2.45, 2.75) is 13.0 Å². The molecule has 1 unspecified atom stereocenters. The number of rotatable bonds is 7. The van der Waals surface area contributed by atoms with Crippen LogP contribution >= 0.6 is 0 Å². The monoisotopic (exact) mass is 302 g/mol. The molecule has 0 heterocycles. The molecular formula is C16H18N2O4. The number of ether oxygens (including phenoxy) is 1. The van der Waals surface area contributed by atoms with Crippen molar-refractivity contribution in [1.29, 1.82) is 0 Å². The van der Waals surface area contributed by atoms with Crippen LogP contribution < -0.4 is 10.1 Å². The maximum absolute atomic E-state index is 10.9. The van der Waals surface area contributed by atoms with Crippen LogP contribution in [0.3, 0.4) is 0 Å². The van der Waals surface area contributed by atoms with Crippen LogP contribution in [0.25, 0.3) is 0 Å². The van der Waals surface area contributed by atoms with Crippen molar-refractivity contribution in [3.63, 3.8) is 0 Å². The van der Waals surface area contributed by atoms with E-state index in [4.69, 9.17) is 4.74 Å². The topological polar surface area (TPSA) is 84.6 Å². The van der Waals surface area contributed by atoms with Gasteiger partial charge in [0.2, 0.25) is 0 Å². The van der Waals surface area contributed by atoms with E-state index in [-0.39, 0.29) is 18.8 Å². The van der Waals surface area contributed by atoms with Crippen molar-refractivity contribution < 1.29 is 14.8 Å². The molecular weight excluding hydrogens is 284 g/mol. The summed E-state index contributed by atoms with van der Waals surface area (Å²) in [7, 11) is 0. The number of nitro benzene ring substituents is 1. The third kappa shape index (κ3) is 4.46. The number of benzene rings is 2. The maximum Gasteiger partial charge on any atom is 0.292 e. The second-order valence-corrected chi connectivity index (χ2v) is 4.93. The Morgan fingerprint density at radius 3 is 2.59 bits per heavy atom. The minimum Gasteiger partial charge on any atom is -0.491 e. The molecule has 6 nitrogen and oxygen atoms in total. The van der Waals surface area contributed by atoms with Crippen molar-refractivity contribution in [3.05, 3.63) is 64.2 Å². The summed E-state index contributed by atoms with van der Waals surface area (Å²) >= 11 is 0. The number of nitrogens with zero attached hydrogens (tertiary/aromatic N) is 1. The van der Waals surface area contributed by atoms with Gasteiger partial charge >= 0.3 is 0 Å². The van der Waals surface area contributed by atoms with E-state index < -0.39 is 11.0 Å². The number of aliphatic hydroxyl groups excluding tert-OH is 1. The average Bonchev–Trinajstić information content (AvgIpc) is 2.52. The maximum atomic E-state index is 10.9. The van der Waals surface area contributed by atoms with Gasteiger partial charge in [0, 0.05) is 12.6 Å². The fraction of sp³-hybridized carbons (Fsp3) is 0.250. The molecule has 2 N–H and O–H groups in total.